The molecule has 2 heterocycles. The van der Waals surface area contributed by atoms with Crippen LogP contribution >= 0.6 is 0 Å². The van der Waals surface area contributed by atoms with E-state index in [4.69, 9.17) is 0 Å². The van der Waals surface area contributed by atoms with E-state index in [-0.39, 0.29) is 17.9 Å². The quantitative estimate of drug-likeness (QED) is 0.910. The third kappa shape index (κ3) is 2.61. The SMILES string of the molecule is O=C(Nc1ccc(F)cc1)N1CCC(n2ccnn2)C1. The van der Waals surface area contributed by atoms with Crippen molar-refractivity contribution in [2.45, 2.75) is 12.5 Å². The molecule has 0 aliphatic carbocycles. The molecule has 7 heteroatoms. The highest BCUT2D eigenvalue weighted by atomic mass is 19.1. The lowest BCUT2D eigenvalue weighted by Crippen LogP contribution is -2.33. The van der Waals surface area contributed by atoms with Gasteiger partial charge in [0.2, 0.25) is 0 Å². The number of carbonyl (C=O) groups excluding carboxylic acids is 1. The minimum absolute atomic E-state index is 0.163. The van der Waals surface area contributed by atoms with E-state index >= 15 is 0 Å². The molecule has 1 aliphatic heterocycles. The van der Waals surface area contributed by atoms with Gasteiger partial charge in [-0.3, -0.25) is 0 Å². The zero-order valence-electron chi connectivity index (χ0n) is 10.7. The molecule has 2 amide bonds. The van der Waals surface area contributed by atoms with E-state index in [1.807, 2.05) is 0 Å². The Morgan fingerprint density at radius 3 is 2.85 bits per heavy atom. The maximum atomic E-state index is 12.8. The van der Waals surface area contributed by atoms with Crippen LogP contribution in [0.3, 0.4) is 0 Å². The van der Waals surface area contributed by atoms with Crippen LogP contribution in [0.4, 0.5) is 14.9 Å². The van der Waals surface area contributed by atoms with Crippen LogP contribution < -0.4 is 5.32 Å². The highest BCUT2D eigenvalue weighted by Crippen LogP contribution is 2.21. The Hall–Kier alpha value is -2.44. The monoisotopic (exact) mass is 275 g/mol. The molecule has 104 valence electrons. The van der Waals surface area contributed by atoms with Crippen LogP contribution in [0.2, 0.25) is 0 Å². The molecule has 1 aliphatic rings. The largest absolute Gasteiger partial charge is 0.322 e. The summed E-state index contributed by atoms with van der Waals surface area (Å²) in [5.74, 6) is -0.324. The van der Waals surface area contributed by atoms with Gasteiger partial charge in [0.1, 0.15) is 5.82 Å². The molecule has 1 aromatic carbocycles. The van der Waals surface area contributed by atoms with Crippen molar-refractivity contribution in [1.82, 2.24) is 19.9 Å². The number of likely N-dealkylation sites (tertiary alicyclic amines) is 1. The van der Waals surface area contributed by atoms with Crippen molar-refractivity contribution in [3.05, 3.63) is 42.5 Å². The van der Waals surface area contributed by atoms with Crippen molar-refractivity contribution in [2.75, 3.05) is 18.4 Å². The minimum atomic E-state index is -0.324. The molecular formula is C13H14FN5O. The van der Waals surface area contributed by atoms with Gasteiger partial charge in [0.05, 0.1) is 12.2 Å². The summed E-state index contributed by atoms with van der Waals surface area (Å²) >= 11 is 0. The normalized spacial score (nSPS) is 18.2. The molecule has 1 aromatic heterocycles. The lowest BCUT2D eigenvalue weighted by molar-refractivity contribution is 0.220. The van der Waals surface area contributed by atoms with Gasteiger partial charge in [-0.05, 0) is 30.7 Å². The molecule has 1 unspecified atom stereocenters. The van der Waals surface area contributed by atoms with Gasteiger partial charge in [-0.15, -0.1) is 5.10 Å². The third-order valence-electron chi connectivity index (χ3n) is 3.36. The van der Waals surface area contributed by atoms with Crippen molar-refractivity contribution in [1.29, 1.82) is 0 Å². The highest BCUT2D eigenvalue weighted by Gasteiger charge is 2.27. The number of halogens is 1. The first-order valence-corrected chi connectivity index (χ1v) is 6.39. The average molecular weight is 275 g/mol. The zero-order chi connectivity index (χ0) is 13.9. The molecule has 0 saturated carbocycles. The topological polar surface area (TPSA) is 63.1 Å². The van der Waals surface area contributed by atoms with Crippen molar-refractivity contribution < 1.29 is 9.18 Å². The lowest BCUT2D eigenvalue weighted by Gasteiger charge is -2.17. The van der Waals surface area contributed by atoms with E-state index in [1.165, 1.54) is 24.3 Å². The zero-order valence-corrected chi connectivity index (χ0v) is 10.7. The Balaban J connectivity index is 1.60. The standard InChI is InChI=1S/C13H14FN5O/c14-10-1-3-11(4-2-10)16-13(20)18-7-5-12(9-18)19-8-6-15-17-19/h1-4,6,8,12H,5,7,9H2,(H,16,20). The van der Waals surface area contributed by atoms with Crippen LogP contribution in [-0.4, -0.2) is 39.0 Å². The number of hydrogen-bond acceptors (Lipinski definition) is 3. The number of nitrogens with zero attached hydrogens (tertiary/aromatic N) is 4. The van der Waals surface area contributed by atoms with Crippen LogP contribution in [0.1, 0.15) is 12.5 Å². The Bertz CT molecular complexity index is 583. The molecule has 1 fully saturated rings. The Morgan fingerprint density at radius 1 is 1.35 bits per heavy atom. The molecule has 1 saturated heterocycles. The first kappa shape index (κ1) is 12.6. The van der Waals surface area contributed by atoms with Gasteiger partial charge in [-0.1, -0.05) is 5.21 Å². The molecule has 1 N–H and O–H groups in total. The van der Waals surface area contributed by atoms with E-state index in [2.05, 4.69) is 15.6 Å². The summed E-state index contributed by atoms with van der Waals surface area (Å²) in [6.07, 6.45) is 4.27. The number of rotatable bonds is 2. The first-order valence-electron chi connectivity index (χ1n) is 6.39. The van der Waals surface area contributed by atoms with E-state index < -0.39 is 0 Å². The van der Waals surface area contributed by atoms with Crippen molar-refractivity contribution in [3.8, 4) is 0 Å². The van der Waals surface area contributed by atoms with E-state index in [1.54, 1.807) is 22.0 Å². The number of nitrogens with one attached hydrogen (secondary N) is 1. The van der Waals surface area contributed by atoms with Crippen molar-refractivity contribution in [3.63, 3.8) is 0 Å². The Morgan fingerprint density at radius 2 is 2.15 bits per heavy atom. The molecule has 20 heavy (non-hydrogen) atoms. The summed E-state index contributed by atoms with van der Waals surface area (Å²) in [4.78, 5) is 13.8. The van der Waals surface area contributed by atoms with Crippen molar-refractivity contribution >= 4 is 11.7 Å². The fraction of sp³-hybridized carbons (Fsp3) is 0.308. The molecule has 3 rings (SSSR count). The van der Waals surface area contributed by atoms with E-state index in [0.717, 1.165) is 6.42 Å². The summed E-state index contributed by atoms with van der Waals surface area (Å²) in [5, 5.41) is 10.5. The van der Waals surface area contributed by atoms with Crippen LogP contribution in [0, 0.1) is 5.82 Å². The Kier molecular flexibility index (Phi) is 3.32. The fourth-order valence-electron chi connectivity index (χ4n) is 2.29. The molecular weight excluding hydrogens is 261 g/mol. The third-order valence-corrected chi connectivity index (χ3v) is 3.36. The van der Waals surface area contributed by atoms with Gasteiger partial charge in [0.15, 0.2) is 0 Å². The van der Waals surface area contributed by atoms with Crippen LogP contribution in [0.25, 0.3) is 0 Å². The van der Waals surface area contributed by atoms with Crippen LogP contribution in [0.5, 0.6) is 0 Å². The summed E-state index contributed by atoms with van der Waals surface area (Å²) in [5.41, 5.74) is 0.584. The number of hydrogen-bond donors (Lipinski definition) is 1. The minimum Gasteiger partial charge on any atom is -0.322 e. The van der Waals surface area contributed by atoms with E-state index in [0.29, 0.717) is 18.8 Å². The Labute approximate surface area is 115 Å². The van der Waals surface area contributed by atoms with Gasteiger partial charge in [-0.25, -0.2) is 13.9 Å². The van der Waals surface area contributed by atoms with Crippen LogP contribution in [-0.2, 0) is 0 Å². The van der Waals surface area contributed by atoms with Gasteiger partial charge >= 0.3 is 6.03 Å². The number of aromatic nitrogens is 3. The summed E-state index contributed by atoms with van der Waals surface area (Å²) in [6.45, 7) is 1.26. The second-order valence-electron chi connectivity index (χ2n) is 4.71. The number of benzene rings is 1. The van der Waals surface area contributed by atoms with Gasteiger partial charge < -0.3 is 10.2 Å². The maximum Gasteiger partial charge on any atom is 0.321 e. The molecule has 1 atom stereocenters. The second kappa shape index (κ2) is 5.28. The molecule has 0 spiro atoms. The average Bonchev–Trinajstić information content (AvgIpc) is 3.11. The summed E-state index contributed by atoms with van der Waals surface area (Å²) < 4.78 is 14.6. The molecule has 0 radical (unpaired) electrons. The highest BCUT2D eigenvalue weighted by molar-refractivity contribution is 5.89. The number of amides is 2. The van der Waals surface area contributed by atoms with Gasteiger partial charge in [0, 0.05) is 25.0 Å². The second-order valence-corrected chi connectivity index (χ2v) is 4.71. The predicted molar refractivity (Wildman–Crippen MR) is 70.7 cm³/mol. The van der Waals surface area contributed by atoms with Gasteiger partial charge in [-0.2, -0.15) is 0 Å². The summed E-state index contributed by atoms with van der Waals surface area (Å²) in [6, 6.07) is 5.70. The predicted octanol–water partition coefficient (Wildman–Crippen LogP) is 1.90. The smallest absolute Gasteiger partial charge is 0.321 e. The molecule has 6 nitrogen and oxygen atoms in total. The van der Waals surface area contributed by atoms with E-state index in [9.17, 15) is 9.18 Å². The molecule has 0 bridgehead atoms. The number of anilines is 1. The van der Waals surface area contributed by atoms with Crippen LogP contribution in [0.15, 0.2) is 36.7 Å². The fourth-order valence-corrected chi connectivity index (χ4v) is 2.29. The number of urea groups is 1. The maximum absolute atomic E-state index is 12.8. The summed E-state index contributed by atoms with van der Waals surface area (Å²) in [7, 11) is 0. The lowest BCUT2D eigenvalue weighted by atomic mass is 10.3. The number of carbonyl (C=O) groups is 1. The van der Waals surface area contributed by atoms with Crippen molar-refractivity contribution in [2.24, 2.45) is 0 Å². The first-order chi connectivity index (χ1) is 9.72. The van der Waals surface area contributed by atoms with Gasteiger partial charge in [0.25, 0.3) is 0 Å². The molecule has 2 aromatic rings.